The third-order valence-electron chi connectivity index (χ3n) is 3.76. The molecular formula is C15H19N5O. The first-order chi connectivity index (χ1) is 10.3. The molecule has 0 spiro atoms. The van der Waals surface area contributed by atoms with Gasteiger partial charge >= 0.3 is 0 Å². The molecule has 6 nitrogen and oxygen atoms in total. The molecule has 1 amide bonds. The number of aromatic nitrogens is 3. The molecule has 2 N–H and O–H groups in total. The van der Waals surface area contributed by atoms with Gasteiger partial charge in [0.2, 0.25) is 0 Å². The minimum Gasteiger partial charge on any atom is -0.347 e. The average Bonchev–Trinajstić information content (AvgIpc) is 2.93. The van der Waals surface area contributed by atoms with Gasteiger partial charge in [-0.1, -0.05) is 36.4 Å². The van der Waals surface area contributed by atoms with Gasteiger partial charge in [0.1, 0.15) is 0 Å². The third-order valence-corrected chi connectivity index (χ3v) is 3.76. The fraction of sp³-hybridized carbons (Fsp3) is 0.400. The number of benzene rings is 1. The average molecular weight is 285 g/mol. The summed E-state index contributed by atoms with van der Waals surface area (Å²) < 4.78 is 1.75. The zero-order valence-electron chi connectivity index (χ0n) is 12.0. The van der Waals surface area contributed by atoms with Crippen molar-refractivity contribution in [3.63, 3.8) is 0 Å². The Morgan fingerprint density at radius 1 is 1.33 bits per heavy atom. The van der Waals surface area contributed by atoms with E-state index in [1.807, 2.05) is 12.1 Å². The molecule has 1 fully saturated rings. The summed E-state index contributed by atoms with van der Waals surface area (Å²) >= 11 is 0. The molecule has 1 aromatic carbocycles. The van der Waals surface area contributed by atoms with E-state index >= 15 is 0 Å². The van der Waals surface area contributed by atoms with E-state index in [1.165, 1.54) is 5.56 Å². The van der Waals surface area contributed by atoms with Gasteiger partial charge in [-0.05, 0) is 17.5 Å². The van der Waals surface area contributed by atoms with Crippen LogP contribution < -0.4 is 10.6 Å². The predicted octanol–water partition coefficient (Wildman–Crippen LogP) is 0.915. The number of hydrogen-bond donors (Lipinski definition) is 2. The van der Waals surface area contributed by atoms with Crippen LogP contribution in [0.5, 0.6) is 0 Å². The zero-order chi connectivity index (χ0) is 14.7. The lowest BCUT2D eigenvalue weighted by Gasteiger charge is -2.26. The highest BCUT2D eigenvalue weighted by Gasteiger charge is 2.21. The molecule has 3 rings (SSSR count). The van der Waals surface area contributed by atoms with E-state index in [0.717, 1.165) is 25.1 Å². The Morgan fingerprint density at radius 2 is 2.05 bits per heavy atom. The van der Waals surface area contributed by atoms with Crippen LogP contribution in [-0.2, 0) is 13.0 Å². The number of nitrogens with zero attached hydrogens (tertiary/aromatic N) is 3. The second-order valence-electron chi connectivity index (χ2n) is 5.25. The van der Waals surface area contributed by atoms with Crippen molar-refractivity contribution < 1.29 is 4.79 Å². The first-order valence-electron chi connectivity index (χ1n) is 7.25. The number of rotatable bonds is 5. The molecule has 2 heterocycles. The van der Waals surface area contributed by atoms with E-state index in [2.05, 4.69) is 40.0 Å². The summed E-state index contributed by atoms with van der Waals surface area (Å²) in [7, 11) is 0. The molecule has 1 aliphatic rings. The van der Waals surface area contributed by atoms with Crippen molar-refractivity contribution >= 4 is 5.91 Å². The van der Waals surface area contributed by atoms with Crippen LogP contribution in [0.1, 0.15) is 34.6 Å². The monoisotopic (exact) mass is 285 g/mol. The summed E-state index contributed by atoms with van der Waals surface area (Å²) in [5.41, 5.74) is 2.74. The van der Waals surface area contributed by atoms with Crippen molar-refractivity contribution in [1.29, 1.82) is 0 Å². The van der Waals surface area contributed by atoms with Gasteiger partial charge in [0.05, 0.1) is 12.2 Å². The summed E-state index contributed by atoms with van der Waals surface area (Å²) in [6.45, 7) is 4.39. The van der Waals surface area contributed by atoms with Crippen molar-refractivity contribution in [3.05, 3.63) is 47.3 Å². The Bertz CT molecular complexity index is 615. The van der Waals surface area contributed by atoms with E-state index in [-0.39, 0.29) is 5.91 Å². The number of carbonyl (C=O) groups is 1. The molecule has 1 aromatic heterocycles. The van der Waals surface area contributed by atoms with Crippen LogP contribution in [0, 0.1) is 0 Å². The molecule has 0 bridgehead atoms. The molecule has 0 unspecified atom stereocenters. The molecule has 1 saturated heterocycles. The van der Waals surface area contributed by atoms with E-state index in [4.69, 9.17) is 0 Å². The SMILES string of the molecule is CCc1ccc(CNC(=O)c2cn(C3CNC3)nn2)cc1. The molecule has 0 atom stereocenters. The predicted molar refractivity (Wildman–Crippen MR) is 78.9 cm³/mol. The number of nitrogens with one attached hydrogen (secondary N) is 2. The molecule has 0 radical (unpaired) electrons. The Labute approximate surface area is 123 Å². The minimum atomic E-state index is -0.187. The molecule has 21 heavy (non-hydrogen) atoms. The number of amides is 1. The van der Waals surface area contributed by atoms with Gasteiger partial charge in [-0.2, -0.15) is 0 Å². The van der Waals surface area contributed by atoms with E-state index in [1.54, 1.807) is 10.9 Å². The molecule has 2 aromatic rings. The summed E-state index contributed by atoms with van der Waals surface area (Å²) in [5, 5.41) is 14.0. The van der Waals surface area contributed by atoms with Crippen molar-refractivity contribution in [2.75, 3.05) is 13.1 Å². The van der Waals surface area contributed by atoms with E-state index < -0.39 is 0 Å². The van der Waals surface area contributed by atoms with E-state index in [0.29, 0.717) is 18.3 Å². The lowest BCUT2D eigenvalue weighted by molar-refractivity contribution is 0.0946. The van der Waals surface area contributed by atoms with Crippen LogP contribution in [0.2, 0.25) is 0 Å². The smallest absolute Gasteiger partial charge is 0.273 e. The molecule has 6 heteroatoms. The highest BCUT2D eigenvalue weighted by Crippen LogP contribution is 2.10. The van der Waals surface area contributed by atoms with Crippen molar-refractivity contribution in [2.45, 2.75) is 25.9 Å². The Kier molecular flexibility index (Phi) is 3.96. The lowest BCUT2D eigenvalue weighted by atomic mass is 10.1. The van der Waals surface area contributed by atoms with Gasteiger partial charge in [0.15, 0.2) is 5.69 Å². The molecule has 0 saturated carbocycles. The fourth-order valence-electron chi connectivity index (χ4n) is 2.19. The standard InChI is InChI=1S/C15H19N5O/c1-2-11-3-5-12(6-4-11)7-17-15(21)14-10-20(19-18-14)13-8-16-9-13/h3-6,10,13,16H,2,7-9H2,1H3,(H,17,21). The maximum absolute atomic E-state index is 12.0. The Balaban J connectivity index is 1.56. The van der Waals surface area contributed by atoms with Gasteiger partial charge in [-0.3, -0.25) is 4.79 Å². The molecular weight excluding hydrogens is 266 g/mol. The second kappa shape index (κ2) is 6.05. The molecule has 110 valence electrons. The topological polar surface area (TPSA) is 71.8 Å². The second-order valence-corrected chi connectivity index (χ2v) is 5.25. The van der Waals surface area contributed by atoms with Crippen LogP contribution in [0.3, 0.4) is 0 Å². The van der Waals surface area contributed by atoms with Crippen LogP contribution in [-0.4, -0.2) is 34.0 Å². The van der Waals surface area contributed by atoms with Crippen LogP contribution in [0.4, 0.5) is 0 Å². The van der Waals surface area contributed by atoms with Crippen LogP contribution >= 0.6 is 0 Å². The van der Waals surface area contributed by atoms with Crippen molar-refractivity contribution in [3.8, 4) is 0 Å². The van der Waals surface area contributed by atoms with Gasteiger partial charge in [-0.15, -0.1) is 5.10 Å². The van der Waals surface area contributed by atoms with Crippen molar-refractivity contribution in [2.24, 2.45) is 0 Å². The highest BCUT2D eigenvalue weighted by molar-refractivity contribution is 5.91. The van der Waals surface area contributed by atoms with Gasteiger partial charge < -0.3 is 10.6 Å². The van der Waals surface area contributed by atoms with Gasteiger partial charge in [-0.25, -0.2) is 4.68 Å². The fourth-order valence-corrected chi connectivity index (χ4v) is 2.19. The lowest BCUT2D eigenvalue weighted by Crippen LogP contribution is -2.43. The maximum Gasteiger partial charge on any atom is 0.273 e. The summed E-state index contributed by atoms with van der Waals surface area (Å²) in [4.78, 5) is 12.0. The number of aryl methyl sites for hydroxylation is 1. The first-order valence-corrected chi connectivity index (χ1v) is 7.25. The van der Waals surface area contributed by atoms with Crippen molar-refractivity contribution in [1.82, 2.24) is 25.6 Å². The third kappa shape index (κ3) is 3.11. The van der Waals surface area contributed by atoms with Gasteiger partial charge in [0, 0.05) is 19.6 Å². The number of hydrogen-bond acceptors (Lipinski definition) is 4. The van der Waals surface area contributed by atoms with Crippen LogP contribution in [0.25, 0.3) is 0 Å². The Hall–Kier alpha value is -2.21. The van der Waals surface area contributed by atoms with Gasteiger partial charge in [0.25, 0.3) is 5.91 Å². The van der Waals surface area contributed by atoms with E-state index in [9.17, 15) is 4.79 Å². The largest absolute Gasteiger partial charge is 0.347 e. The minimum absolute atomic E-state index is 0.187. The number of carbonyl (C=O) groups excluding carboxylic acids is 1. The summed E-state index contributed by atoms with van der Waals surface area (Å²) in [6, 6.07) is 8.56. The maximum atomic E-state index is 12.0. The first kappa shape index (κ1) is 13.8. The normalized spacial score (nSPS) is 14.7. The zero-order valence-corrected chi connectivity index (χ0v) is 12.0. The molecule has 0 aliphatic carbocycles. The quantitative estimate of drug-likeness (QED) is 0.857. The Morgan fingerprint density at radius 3 is 2.67 bits per heavy atom. The summed E-state index contributed by atoms with van der Waals surface area (Å²) in [6.07, 6.45) is 2.73. The summed E-state index contributed by atoms with van der Waals surface area (Å²) in [5.74, 6) is -0.187. The van der Waals surface area contributed by atoms with Crippen LogP contribution in [0.15, 0.2) is 30.5 Å². The highest BCUT2D eigenvalue weighted by atomic mass is 16.2. The molecule has 1 aliphatic heterocycles.